The highest BCUT2D eigenvalue weighted by Gasteiger charge is 2.32. The zero-order valence-corrected chi connectivity index (χ0v) is 10.7. The third kappa shape index (κ3) is 1.92. The van der Waals surface area contributed by atoms with Gasteiger partial charge in [0.05, 0.1) is 5.70 Å². The number of hydrogen-bond donors (Lipinski definition) is 0. The molecule has 0 N–H and O–H groups in total. The number of hydrogen-bond acceptors (Lipinski definition) is 3. The molecule has 1 saturated heterocycles. The average Bonchev–Trinajstić information content (AvgIpc) is 2.44. The molecule has 0 aromatic carbocycles. The third-order valence-corrected chi connectivity index (χ3v) is 4.24. The summed E-state index contributed by atoms with van der Waals surface area (Å²) in [4.78, 5) is 26.7. The molecule has 0 spiro atoms. The van der Waals surface area contributed by atoms with Crippen LogP contribution in [0.25, 0.3) is 0 Å². The van der Waals surface area contributed by atoms with E-state index in [0.29, 0.717) is 5.70 Å². The van der Waals surface area contributed by atoms with E-state index in [-0.39, 0.29) is 11.6 Å². The largest absolute Gasteiger partial charge is 0.368 e. The summed E-state index contributed by atoms with van der Waals surface area (Å²) in [5.74, 6) is 0.219. The van der Waals surface area contributed by atoms with Crippen LogP contribution in [0.5, 0.6) is 0 Å². The molecule has 3 aliphatic rings. The van der Waals surface area contributed by atoms with Crippen LogP contribution in [0.2, 0.25) is 0 Å². The van der Waals surface area contributed by atoms with Crippen LogP contribution in [0.1, 0.15) is 44.9 Å². The van der Waals surface area contributed by atoms with Crippen LogP contribution in [-0.2, 0) is 9.59 Å². The smallest absolute Gasteiger partial charge is 0.205 e. The number of piperidine rings is 1. The molecular weight excluding hydrogens is 226 g/mol. The molecule has 0 unspecified atom stereocenters. The lowest BCUT2D eigenvalue weighted by Crippen LogP contribution is -2.36. The topological polar surface area (TPSA) is 37.4 Å². The average molecular weight is 245 g/mol. The van der Waals surface area contributed by atoms with E-state index in [4.69, 9.17) is 0 Å². The molecule has 0 atom stereocenters. The van der Waals surface area contributed by atoms with Crippen LogP contribution in [0.15, 0.2) is 22.9 Å². The first-order valence-electron chi connectivity index (χ1n) is 7.05. The second kappa shape index (κ2) is 4.71. The van der Waals surface area contributed by atoms with E-state index in [1.165, 1.54) is 6.42 Å². The Balaban J connectivity index is 1.89. The molecule has 3 rings (SSSR count). The normalized spacial score (nSPS) is 25.1. The minimum Gasteiger partial charge on any atom is -0.368 e. The summed E-state index contributed by atoms with van der Waals surface area (Å²) in [5.41, 5.74) is 2.28. The van der Waals surface area contributed by atoms with Crippen molar-refractivity contribution >= 4 is 11.6 Å². The monoisotopic (exact) mass is 245 g/mol. The minimum atomic E-state index is 0.0878. The molecule has 1 aliphatic heterocycles. The van der Waals surface area contributed by atoms with Crippen molar-refractivity contribution in [2.45, 2.75) is 44.9 Å². The van der Waals surface area contributed by atoms with Crippen LogP contribution < -0.4 is 0 Å². The fourth-order valence-corrected chi connectivity index (χ4v) is 3.23. The minimum absolute atomic E-state index is 0.0878. The number of allylic oxidation sites excluding steroid dienone is 3. The fraction of sp³-hybridized carbons (Fsp3) is 0.600. The van der Waals surface area contributed by atoms with Crippen LogP contribution in [0.4, 0.5) is 0 Å². The van der Waals surface area contributed by atoms with E-state index in [1.807, 2.05) is 0 Å². The van der Waals surface area contributed by atoms with Gasteiger partial charge in [0.2, 0.25) is 5.78 Å². The zero-order valence-electron chi connectivity index (χ0n) is 10.7. The summed E-state index contributed by atoms with van der Waals surface area (Å²) >= 11 is 0. The van der Waals surface area contributed by atoms with Crippen LogP contribution in [0, 0.1) is 0 Å². The maximum atomic E-state index is 12.5. The van der Waals surface area contributed by atoms with Gasteiger partial charge in [0.25, 0.3) is 0 Å². The molecule has 0 aromatic heterocycles. The molecule has 0 amide bonds. The van der Waals surface area contributed by atoms with Crippen molar-refractivity contribution in [1.82, 2.24) is 4.90 Å². The standard InChI is InChI=1S/C15H19NO2/c17-14-10-13(16-8-4-1-5-9-16)15(18)12-7-3-2-6-11(12)14/h10H,1-9H2. The van der Waals surface area contributed by atoms with Gasteiger partial charge in [-0.05, 0) is 44.9 Å². The van der Waals surface area contributed by atoms with Crippen LogP contribution in [-0.4, -0.2) is 29.6 Å². The summed E-state index contributed by atoms with van der Waals surface area (Å²) in [6.07, 6.45) is 8.78. The Hall–Kier alpha value is -1.38. The van der Waals surface area contributed by atoms with E-state index in [1.54, 1.807) is 6.08 Å². The Kier molecular flexibility index (Phi) is 3.06. The molecule has 2 aliphatic carbocycles. The van der Waals surface area contributed by atoms with Crippen LogP contribution >= 0.6 is 0 Å². The molecule has 18 heavy (non-hydrogen) atoms. The van der Waals surface area contributed by atoms with E-state index in [2.05, 4.69) is 4.90 Å². The van der Waals surface area contributed by atoms with Crippen molar-refractivity contribution in [3.8, 4) is 0 Å². The Morgan fingerprint density at radius 3 is 2.22 bits per heavy atom. The molecule has 3 nitrogen and oxygen atoms in total. The molecule has 1 fully saturated rings. The number of carbonyl (C=O) groups excluding carboxylic acids is 2. The van der Waals surface area contributed by atoms with Gasteiger partial charge in [0.15, 0.2) is 5.78 Å². The van der Waals surface area contributed by atoms with Crippen molar-refractivity contribution < 1.29 is 9.59 Å². The number of ketones is 2. The molecule has 0 aromatic rings. The predicted octanol–water partition coefficient (Wildman–Crippen LogP) is 2.38. The quantitative estimate of drug-likeness (QED) is 0.666. The lowest BCUT2D eigenvalue weighted by Gasteiger charge is -2.33. The number of rotatable bonds is 1. The first-order chi connectivity index (χ1) is 8.77. The van der Waals surface area contributed by atoms with E-state index in [0.717, 1.165) is 62.8 Å². The number of nitrogens with zero attached hydrogens (tertiary/aromatic N) is 1. The highest BCUT2D eigenvalue weighted by molar-refractivity contribution is 6.22. The zero-order chi connectivity index (χ0) is 12.5. The highest BCUT2D eigenvalue weighted by atomic mass is 16.1. The van der Waals surface area contributed by atoms with E-state index >= 15 is 0 Å². The van der Waals surface area contributed by atoms with Crippen molar-refractivity contribution in [2.24, 2.45) is 0 Å². The maximum absolute atomic E-state index is 12.5. The molecule has 0 saturated carbocycles. The first-order valence-corrected chi connectivity index (χ1v) is 7.05. The second-order valence-electron chi connectivity index (χ2n) is 5.43. The number of likely N-dealkylation sites (tertiary alicyclic amines) is 1. The highest BCUT2D eigenvalue weighted by Crippen LogP contribution is 2.33. The Morgan fingerprint density at radius 1 is 0.833 bits per heavy atom. The number of Topliss-reactive ketones (excluding diaryl/α,β-unsaturated/α-hetero) is 1. The van der Waals surface area contributed by atoms with E-state index in [9.17, 15) is 9.59 Å². The molecular formula is C15H19NO2. The first kappa shape index (κ1) is 11.7. The molecule has 3 heteroatoms. The van der Waals surface area contributed by atoms with Gasteiger partial charge in [-0.2, -0.15) is 0 Å². The van der Waals surface area contributed by atoms with Gasteiger partial charge in [0.1, 0.15) is 0 Å². The van der Waals surface area contributed by atoms with E-state index < -0.39 is 0 Å². The predicted molar refractivity (Wildman–Crippen MR) is 69.0 cm³/mol. The Morgan fingerprint density at radius 2 is 1.50 bits per heavy atom. The Labute approximate surface area is 108 Å². The lowest BCUT2D eigenvalue weighted by molar-refractivity contribution is -0.117. The maximum Gasteiger partial charge on any atom is 0.205 e. The second-order valence-corrected chi connectivity index (χ2v) is 5.43. The molecule has 0 radical (unpaired) electrons. The van der Waals surface area contributed by atoms with Gasteiger partial charge in [-0.15, -0.1) is 0 Å². The van der Waals surface area contributed by atoms with Crippen molar-refractivity contribution in [3.05, 3.63) is 22.9 Å². The summed E-state index contributed by atoms with van der Waals surface area (Å²) in [7, 11) is 0. The van der Waals surface area contributed by atoms with Gasteiger partial charge in [-0.25, -0.2) is 0 Å². The van der Waals surface area contributed by atoms with Crippen molar-refractivity contribution in [3.63, 3.8) is 0 Å². The Bertz CT molecular complexity index is 453. The summed E-state index contributed by atoms with van der Waals surface area (Å²) in [6.45, 7) is 1.85. The third-order valence-electron chi connectivity index (χ3n) is 4.24. The van der Waals surface area contributed by atoms with Crippen molar-refractivity contribution in [2.75, 3.05) is 13.1 Å². The van der Waals surface area contributed by atoms with Gasteiger partial charge < -0.3 is 4.90 Å². The summed E-state index contributed by atoms with van der Waals surface area (Å²) in [6, 6.07) is 0. The van der Waals surface area contributed by atoms with Gasteiger partial charge in [-0.1, -0.05) is 0 Å². The molecule has 0 bridgehead atoms. The SMILES string of the molecule is O=C1C=C(N2CCCCC2)C(=O)C2=C1CCCC2. The van der Waals surface area contributed by atoms with Gasteiger partial charge >= 0.3 is 0 Å². The van der Waals surface area contributed by atoms with Gasteiger partial charge in [0, 0.05) is 30.3 Å². The molecule has 96 valence electrons. The molecule has 1 heterocycles. The van der Waals surface area contributed by atoms with Gasteiger partial charge in [-0.3, -0.25) is 9.59 Å². The fourth-order valence-electron chi connectivity index (χ4n) is 3.23. The van der Waals surface area contributed by atoms with Crippen LogP contribution in [0.3, 0.4) is 0 Å². The lowest BCUT2D eigenvalue weighted by atomic mass is 9.82. The summed E-state index contributed by atoms with van der Waals surface area (Å²) in [5, 5.41) is 0. The number of carbonyl (C=O) groups is 2. The van der Waals surface area contributed by atoms with Crippen molar-refractivity contribution in [1.29, 1.82) is 0 Å². The summed E-state index contributed by atoms with van der Waals surface area (Å²) < 4.78 is 0.